The van der Waals surface area contributed by atoms with Crippen LogP contribution in [0.1, 0.15) is 5.56 Å². The lowest BCUT2D eigenvalue weighted by Gasteiger charge is -2.25. The normalized spacial score (nSPS) is 18.9. The highest BCUT2D eigenvalue weighted by Gasteiger charge is 2.28. The molecule has 0 fully saturated rings. The Labute approximate surface area is 110 Å². The first-order valence-electron chi connectivity index (χ1n) is 5.96. The Morgan fingerprint density at radius 1 is 1.42 bits per heavy atom. The molecule has 0 saturated carbocycles. The van der Waals surface area contributed by atoms with E-state index < -0.39 is 30.4 Å². The molecule has 1 aliphatic rings. The Bertz CT molecular complexity index is 488. The van der Waals surface area contributed by atoms with Crippen LogP contribution < -0.4 is 10.1 Å². The van der Waals surface area contributed by atoms with Crippen molar-refractivity contribution in [2.45, 2.75) is 12.5 Å². The van der Waals surface area contributed by atoms with Gasteiger partial charge in [-0.2, -0.15) is 0 Å². The highest BCUT2D eigenvalue weighted by molar-refractivity contribution is 5.85. The molecule has 1 heterocycles. The zero-order valence-corrected chi connectivity index (χ0v) is 10.2. The minimum atomic E-state index is -1.27. The zero-order chi connectivity index (χ0) is 13.8. The largest absolute Gasteiger partial charge is 0.492 e. The SMILES string of the molecule is O=C(N[C@@H](CO)C(=O)O)C1COc2ccccc2C1. The van der Waals surface area contributed by atoms with Gasteiger partial charge in [-0.1, -0.05) is 18.2 Å². The molecule has 102 valence electrons. The van der Waals surface area contributed by atoms with Crippen molar-refractivity contribution in [2.75, 3.05) is 13.2 Å². The third-order valence-corrected chi connectivity index (χ3v) is 3.05. The van der Waals surface area contributed by atoms with Crippen LogP contribution in [0.4, 0.5) is 0 Å². The lowest BCUT2D eigenvalue weighted by atomic mass is 9.96. The maximum Gasteiger partial charge on any atom is 0.328 e. The number of para-hydroxylation sites is 1. The summed E-state index contributed by atoms with van der Waals surface area (Å²) in [6.07, 6.45) is 0.500. The van der Waals surface area contributed by atoms with Crippen molar-refractivity contribution in [3.63, 3.8) is 0 Å². The van der Waals surface area contributed by atoms with Crippen molar-refractivity contribution in [2.24, 2.45) is 5.92 Å². The second kappa shape index (κ2) is 5.71. The fourth-order valence-corrected chi connectivity index (χ4v) is 1.97. The van der Waals surface area contributed by atoms with E-state index in [0.717, 1.165) is 11.3 Å². The molecule has 3 N–H and O–H groups in total. The second-order valence-electron chi connectivity index (χ2n) is 4.40. The van der Waals surface area contributed by atoms with E-state index in [1.807, 2.05) is 24.3 Å². The van der Waals surface area contributed by atoms with Crippen molar-refractivity contribution < 1.29 is 24.5 Å². The molecule has 0 bridgehead atoms. The van der Waals surface area contributed by atoms with E-state index in [1.54, 1.807) is 0 Å². The summed E-state index contributed by atoms with van der Waals surface area (Å²) in [6.45, 7) is -0.425. The molecule has 6 nitrogen and oxygen atoms in total. The van der Waals surface area contributed by atoms with E-state index in [0.29, 0.717) is 6.42 Å². The highest BCUT2D eigenvalue weighted by Crippen LogP contribution is 2.26. The van der Waals surface area contributed by atoms with Gasteiger partial charge in [0.2, 0.25) is 5.91 Å². The molecule has 1 aromatic carbocycles. The van der Waals surface area contributed by atoms with E-state index >= 15 is 0 Å². The molecule has 0 radical (unpaired) electrons. The first-order valence-corrected chi connectivity index (χ1v) is 5.96. The quantitative estimate of drug-likeness (QED) is 0.700. The maximum atomic E-state index is 11.9. The first kappa shape index (κ1) is 13.4. The fourth-order valence-electron chi connectivity index (χ4n) is 1.97. The molecular weight excluding hydrogens is 250 g/mol. The van der Waals surface area contributed by atoms with Crippen LogP contribution in [0, 0.1) is 5.92 Å². The van der Waals surface area contributed by atoms with Gasteiger partial charge in [0, 0.05) is 0 Å². The Morgan fingerprint density at radius 3 is 2.84 bits per heavy atom. The summed E-state index contributed by atoms with van der Waals surface area (Å²) in [6, 6.07) is 6.14. The topological polar surface area (TPSA) is 95.9 Å². The molecule has 19 heavy (non-hydrogen) atoms. The maximum absolute atomic E-state index is 11.9. The van der Waals surface area contributed by atoms with Crippen molar-refractivity contribution in [1.82, 2.24) is 5.32 Å². The summed E-state index contributed by atoms with van der Waals surface area (Å²) >= 11 is 0. The Hall–Kier alpha value is -2.08. The highest BCUT2D eigenvalue weighted by atomic mass is 16.5. The molecule has 2 atom stereocenters. The van der Waals surface area contributed by atoms with Crippen molar-refractivity contribution >= 4 is 11.9 Å². The third kappa shape index (κ3) is 3.03. The minimum Gasteiger partial charge on any atom is -0.492 e. The number of carboxylic acids is 1. The molecule has 0 spiro atoms. The number of nitrogens with one attached hydrogen (secondary N) is 1. The van der Waals surface area contributed by atoms with Gasteiger partial charge in [0.1, 0.15) is 18.4 Å². The number of carboxylic acid groups (broad SMARTS) is 1. The van der Waals surface area contributed by atoms with Crippen LogP contribution in [-0.4, -0.2) is 41.3 Å². The number of amides is 1. The number of fused-ring (bicyclic) bond motifs is 1. The number of hydrogen-bond acceptors (Lipinski definition) is 4. The van der Waals surface area contributed by atoms with E-state index in [4.69, 9.17) is 14.9 Å². The third-order valence-electron chi connectivity index (χ3n) is 3.05. The molecule has 2 rings (SSSR count). The van der Waals surface area contributed by atoms with Gasteiger partial charge < -0.3 is 20.3 Å². The van der Waals surface area contributed by atoms with Gasteiger partial charge in [0.25, 0.3) is 0 Å². The molecule has 0 saturated heterocycles. The van der Waals surface area contributed by atoms with Gasteiger partial charge >= 0.3 is 5.97 Å². The number of benzene rings is 1. The predicted octanol–water partition coefficient (Wildman–Crippen LogP) is -0.201. The summed E-state index contributed by atoms with van der Waals surface area (Å²) in [5.41, 5.74) is 0.921. The van der Waals surface area contributed by atoms with Gasteiger partial charge in [-0.25, -0.2) is 4.79 Å². The number of aliphatic hydroxyl groups excluding tert-OH is 1. The van der Waals surface area contributed by atoms with Crippen LogP contribution in [0.5, 0.6) is 5.75 Å². The molecule has 0 aromatic heterocycles. The van der Waals surface area contributed by atoms with Gasteiger partial charge in [0.05, 0.1) is 12.5 Å². The van der Waals surface area contributed by atoms with Gasteiger partial charge in [-0.05, 0) is 18.1 Å². The summed E-state index contributed by atoms with van der Waals surface area (Å²) in [4.78, 5) is 22.7. The molecule has 1 unspecified atom stereocenters. The lowest BCUT2D eigenvalue weighted by Crippen LogP contribution is -2.47. The van der Waals surface area contributed by atoms with Crippen LogP contribution >= 0.6 is 0 Å². The van der Waals surface area contributed by atoms with Crippen LogP contribution in [0.25, 0.3) is 0 Å². The summed E-state index contributed by atoms with van der Waals surface area (Å²) < 4.78 is 5.46. The molecule has 1 amide bonds. The van der Waals surface area contributed by atoms with Crippen LogP contribution in [0.3, 0.4) is 0 Å². The number of carbonyl (C=O) groups is 2. The number of hydrogen-bond donors (Lipinski definition) is 3. The number of carbonyl (C=O) groups excluding carboxylic acids is 1. The van der Waals surface area contributed by atoms with Gasteiger partial charge in [-0.15, -0.1) is 0 Å². The number of rotatable bonds is 4. The first-order chi connectivity index (χ1) is 9.11. The molecule has 1 aromatic rings. The van der Waals surface area contributed by atoms with Gasteiger partial charge in [0.15, 0.2) is 0 Å². The summed E-state index contributed by atoms with van der Waals surface area (Å²) in [7, 11) is 0. The van der Waals surface area contributed by atoms with Crippen LogP contribution in [-0.2, 0) is 16.0 Å². The van der Waals surface area contributed by atoms with E-state index in [9.17, 15) is 9.59 Å². The number of aliphatic hydroxyl groups is 1. The zero-order valence-electron chi connectivity index (χ0n) is 10.2. The van der Waals surface area contributed by atoms with Gasteiger partial charge in [-0.3, -0.25) is 4.79 Å². The minimum absolute atomic E-state index is 0.209. The van der Waals surface area contributed by atoms with Crippen molar-refractivity contribution in [1.29, 1.82) is 0 Å². The smallest absolute Gasteiger partial charge is 0.328 e. The summed E-state index contributed by atoms with van der Waals surface area (Å²) in [5, 5.41) is 19.9. The van der Waals surface area contributed by atoms with Crippen LogP contribution in [0.2, 0.25) is 0 Å². The van der Waals surface area contributed by atoms with Crippen LogP contribution in [0.15, 0.2) is 24.3 Å². The number of ether oxygens (including phenoxy) is 1. The fraction of sp³-hybridized carbons (Fsp3) is 0.385. The Balaban J connectivity index is 2.01. The average Bonchev–Trinajstić information content (AvgIpc) is 2.43. The second-order valence-corrected chi connectivity index (χ2v) is 4.40. The van der Waals surface area contributed by atoms with Crippen molar-refractivity contribution in [3.05, 3.63) is 29.8 Å². The Kier molecular flexibility index (Phi) is 4.01. The monoisotopic (exact) mass is 265 g/mol. The number of aliphatic carboxylic acids is 1. The Morgan fingerprint density at radius 2 is 2.16 bits per heavy atom. The molecular formula is C13H15NO5. The molecule has 1 aliphatic heterocycles. The van der Waals surface area contributed by atoms with E-state index in [-0.39, 0.29) is 6.61 Å². The molecule has 0 aliphatic carbocycles. The molecule has 6 heteroatoms. The standard InChI is InChI=1S/C13H15NO5/c15-6-10(13(17)18)14-12(16)9-5-8-3-1-2-4-11(8)19-7-9/h1-4,9-10,15H,5-7H2,(H,14,16)(H,17,18)/t9?,10-/m0/s1. The predicted molar refractivity (Wildman–Crippen MR) is 65.8 cm³/mol. The average molecular weight is 265 g/mol. The lowest BCUT2D eigenvalue weighted by molar-refractivity contribution is -0.143. The van der Waals surface area contributed by atoms with E-state index in [1.165, 1.54) is 0 Å². The van der Waals surface area contributed by atoms with E-state index in [2.05, 4.69) is 5.32 Å². The summed E-state index contributed by atoms with van der Waals surface area (Å²) in [5.74, 6) is -1.37. The van der Waals surface area contributed by atoms with Crippen molar-refractivity contribution in [3.8, 4) is 5.75 Å².